The van der Waals surface area contributed by atoms with Gasteiger partial charge in [0, 0.05) is 19.5 Å². The smallest absolute Gasteiger partial charge is 0.328 e. The molecule has 5 heterocycles. The molecule has 2 aromatic heterocycles. The molecule has 0 bridgehead atoms. The number of halogens is 1. The number of benzene rings is 1. The van der Waals surface area contributed by atoms with E-state index in [0.717, 1.165) is 5.56 Å². The predicted octanol–water partition coefficient (Wildman–Crippen LogP) is 1.70. The average molecular weight is 539 g/mol. The fourth-order valence-corrected chi connectivity index (χ4v) is 6.11. The van der Waals surface area contributed by atoms with Gasteiger partial charge in [0.2, 0.25) is 17.4 Å². The van der Waals surface area contributed by atoms with E-state index in [0.29, 0.717) is 17.9 Å². The Bertz CT molecular complexity index is 1490. The van der Waals surface area contributed by atoms with Crippen molar-refractivity contribution in [1.29, 1.82) is 0 Å². The lowest BCUT2D eigenvalue weighted by Gasteiger charge is -2.55. The molecule has 1 aromatic carbocycles. The fraction of sp³-hybridized carbons (Fsp3) is 0.360. The Hall–Kier alpha value is -4.03. The van der Waals surface area contributed by atoms with Crippen LogP contribution in [0.15, 0.2) is 34.9 Å². The van der Waals surface area contributed by atoms with Gasteiger partial charge in [0.15, 0.2) is 11.1 Å². The summed E-state index contributed by atoms with van der Waals surface area (Å²) in [5.41, 5.74) is 0.0935. The molecule has 0 unspecified atom stereocenters. The van der Waals surface area contributed by atoms with Crippen LogP contribution in [0.4, 0.5) is 10.5 Å². The summed E-state index contributed by atoms with van der Waals surface area (Å²) in [5.74, 6) is -2.02. The maximum absolute atomic E-state index is 13.3. The van der Waals surface area contributed by atoms with Gasteiger partial charge in [-0.1, -0.05) is 47.1 Å². The molecule has 2 saturated heterocycles. The molecule has 6 rings (SSSR count). The molecule has 5 amide bonds. The number of amides is 5. The van der Waals surface area contributed by atoms with E-state index in [1.165, 1.54) is 0 Å². The number of carbonyl (C=O) groups excluding carboxylic acids is 4. The van der Waals surface area contributed by atoms with Crippen molar-refractivity contribution in [2.75, 3.05) is 11.4 Å². The Morgan fingerprint density at radius 3 is 2.61 bits per heavy atom. The van der Waals surface area contributed by atoms with Gasteiger partial charge in [0.1, 0.15) is 10.5 Å². The van der Waals surface area contributed by atoms with Crippen molar-refractivity contribution in [2.45, 2.75) is 45.1 Å². The summed E-state index contributed by atoms with van der Waals surface area (Å²) in [4.78, 5) is 58.1. The Labute approximate surface area is 221 Å². The number of rotatable bonds is 3. The van der Waals surface area contributed by atoms with Crippen molar-refractivity contribution in [3.8, 4) is 0 Å². The number of ether oxygens (including phenoxy) is 1. The second-order valence-corrected chi connectivity index (χ2v) is 10.1. The molecular formula is C25H23ClN6O6. The number of imide groups is 2. The zero-order valence-corrected chi connectivity index (χ0v) is 21.2. The minimum Gasteiger partial charge on any atom is -0.372 e. The van der Waals surface area contributed by atoms with E-state index in [4.69, 9.17) is 20.9 Å². The number of urea groups is 1. The highest BCUT2D eigenvalue weighted by Gasteiger charge is 2.63. The predicted molar refractivity (Wildman–Crippen MR) is 133 cm³/mol. The Morgan fingerprint density at radius 2 is 1.89 bits per heavy atom. The topological polar surface area (TPSA) is 156 Å². The molecule has 196 valence electrons. The maximum atomic E-state index is 13.3. The van der Waals surface area contributed by atoms with Crippen molar-refractivity contribution >= 4 is 52.1 Å². The summed E-state index contributed by atoms with van der Waals surface area (Å²) in [7, 11) is 0. The van der Waals surface area contributed by atoms with Gasteiger partial charge in [-0.3, -0.25) is 25.0 Å². The summed E-state index contributed by atoms with van der Waals surface area (Å²) in [6.07, 6.45) is -1.01. The number of nitrogens with zero attached hydrogens (tertiary/aromatic N) is 3. The lowest BCUT2D eigenvalue weighted by molar-refractivity contribution is -0.153. The number of anilines is 1. The lowest BCUT2D eigenvalue weighted by Crippen LogP contribution is -2.75. The van der Waals surface area contributed by atoms with Crippen LogP contribution in [0.3, 0.4) is 0 Å². The Kier molecular flexibility index (Phi) is 5.61. The molecule has 0 aliphatic carbocycles. The first kappa shape index (κ1) is 24.3. The summed E-state index contributed by atoms with van der Waals surface area (Å²) >= 11 is 6.85. The number of fused-ring (bicyclic) bond motifs is 5. The summed E-state index contributed by atoms with van der Waals surface area (Å²) in [6.45, 7) is 4.18. The van der Waals surface area contributed by atoms with Gasteiger partial charge in [0.05, 0.1) is 29.6 Å². The van der Waals surface area contributed by atoms with Crippen LogP contribution in [0.25, 0.3) is 11.1 Å². The van der Waals surface area contributed by atoms with Crippen molar-refractivity contribution in [3.63, 3.8) is 0 Å². The number of nitrogens with one attached hydrogen (secondary N) is 3. The second-order valence-electron chi connectivity index (χ2n) is 9.73. The molecule has 3 aliphatic rings. The number of hydrogen-bond acceptors (Lipinski definition) is 9. The van der Waals surface area contributed by atoms with E-state index < -0.39 is 41.3 Å². The molecule has 3 atom stereocenters. The number of aromatic nitrogens is 2. The Balaban J connectivity index is 1.46. The number of morpholine rings is 1. The average Bonchev–Trinajstić information content (AvgIpc) is 3.30. The highest BCUT2D eigenvalue weighted by atomic mass is 35.5. The van der Waals surface area contributed by atoms with Crippen molar-refractivity contribution < 1.29 is 28.4 Å². The highest BCUT2D eigenvalue weighted by molar-refractivity contribution is 6.38. The third kappa shape index (κ3) is 3.55. The van der Waals surface area contributed by atoms with Gasteiger partial charge >= 0.3 is 6.03 Å². The van der Waals surface area contributed by atoms with E-state index in [-0.39, 0.29) is 40.9 Å². The molecule has 0 saturated carbocycles. The Morgan fingerprint density at radius 1 is 1.18 bits per heavy atom. The first-order chi connectivity index (χ1) is 18.2. The molecule has 2 fully saturated rings. The normalized spacial score (nSPS) is 24.0. The lowest BCUT2D eigenvalue weighted by atomic mass is 9.67. The zero-order chi connectivity index (χ0) is 26.8. The van der Waals surface area contributed by atoms with Gasteiger partial charge in [-0.05, 0) is 19.4 Å². The maximum Gasteiger partial charge on any atom is 0.328 e. The first-order valence-corrected chi connectivity index (χ1v) is 12.5. The molecule has 13 heteroatoms. The van der Waals surface area contributed by atoms with Gasteiger partial charge in [-0.15, -0.1) is 0 Å². The molecule has 3 aromatic rings. The summed E-state index contributed by atoms with van der Waals surface area (Å²) in [5, 5.41) is 11.3. The molecule has 1 spiro atoms. The van der Waals surface area contributed by atoms with Crippen LogP contribution in [0.5, 0.6) is 0 Å². The van der Waals surface area contributed by atoms with E-state index in [2.05, 4.69) is 26.1 Å². The van der Waals surface area contributed by atoms with Gasteiger partial charge in [-0.2, -0.15) is 0 Å². The number of carbonyl (C=O) groups is 4. The van der Waals surface area contributed by atoms with Crippen molar-refractivity contribution in [3.05, 3.63) is 52.3 Å². The zero-order valence-electron chi connectivity index (χ0n) is 20.4. The first-order valence-electron chi connectivity index (χ1n) is 12.1. The number of hydrogen-bond donors (Lipinski definition) is 3. The van der Waals surface area contributed by atoms with Gasteiger partial charge in [-0.25, -0.2) is 9.78 Å². The van der Waals surface area contributed by atoms with E-state index in [1.807, 2.05) is 42.2 Å². The molecular weight excluding hydrogens is 516 g/mol. The van der Waals surface area contributed by atoms with Crippen molar-refractivity contribution in [1.82, 2.24) is 26.1 Å². The molecule has 3 N–H and O–H groups in total. The minimum absolute atomic E-state index is 0.0757. The number of pyridine rings is 1. The van der Waals surface area contributed by atoms with Crippen LogP contribution in [-0.4, -0.2) is 58.7 Å². The van der Waals surface area contributed by atoms with E-state index >= 15 is 0 Å². The second kappa shape index (κ2) is 8.77. The van der Waals surface area contributed by atoms with Crippen LogP contribution >= 0.6 is 11.6 Å². The largest absolute Gasteiger partial charge is 0.372 e. The number of barbiturate groups is 1. The monoisotopic (exact) mass is 538 g/mol. The third-order valence-corrected chi connectivity index (χ3v) is 7.64. The summed E-state index contributed by atoms with van der Waals surface area (Å²) < 4.78 is 11.5. The van der Waals surface area contributed by atoms with E-state index in [9.17, 15) is 19.2 Å². The van der Waals surface area contributed by atoms with Gasteiger partial charge < -0.3 is 19.5 Å². The standard InChI is InChI=1S/C25H23ClN6O6/c1-11-10-32-18-14(8-25(20(32)12(2)37-11)22(34)29-24(36)30-23(25)35)28-16-17(31-38-19(16)15(18)26)21(33)27-9-13-6-4-3-5-7-13/h3-7,11-12,20H,8-10H2,1-2H3,(H,27,33)(H2,29,30,34,35,36)/t11-,12+,20-/m0/s1. The van der Waals surface area contributed by atoms with E-state index in [1.54, 1.807) is 6.92 Å². The molecule has 12 nitrogen and oxygen atoms in total. The minimum atomic E-state index is -1.72. The quantitative estimate of drug-likeness (QED) is 0.422. The molecule has 3 aliphatic heterocycles. The van der Waals surface area contributed by atoms with Crippen molar-refractivity contribution in [2.24, 2.45) is 5.41 Å². The highest BCUT2D eigenvalue weighted by Crippen LogP contribution is 2.50. The van der Waals surface area contributed by atoms with Crippen LogP contribution < -0.4 is 20.9 Å². The van der Waals surface area contributed by atoms with Crippen LogP contribution in [0.2, 0.25) is 5.02 Å². The van der Waals surface area contributed by atoms with Crippen LogP contribution in [-0.2, 0) is 27.3 Å². The fourth-order valence-electron chi connectivity index (χ4n) is 5.77. The third-order valence-electron chi connectivity index (χ3n) is 7.29. The van der Waals surface area contributed by atoms with Crippen LogP contribution in [0.1, 0.15) is 35.6 Å². The molecule has 38 heavy (non-hydrogen) atoms. The molecule has 0 radical (unpaired) electrons. The SMILES string of the molecule is C[C@H]1CN2c3c(nc4c(C(=O)NCc5ccccc5)noc4c3Cl)CC3(C(=O)NC(=O)NC3=O)[C@@H]2[C@@H](C)O1. The van der Waals surface area contributed by atoms with Crippen LogP contribution in [0, 0.1) is 5.41 Å². The summed E-state index contributed by atoms with van der Waals surface area (Å²) in [6, 6.07) is 7.67. The van der Waals surface area contributed by atoms with Gasteiger partial charge in [0.25, 0.3) is 5.91 Å².